The first-order valence-corrected chi connectivity index (χ1v) is 4.15. The maximum absolute atomic E-state index is 8.90. The van der Waals surface area contributed by atoms with E-state index in [2.05, 4.69) is 0 Å². The largest absolute Gasteiger partial charge is 0.358 e. The van der Waals surface area contributed by atoms with Gasteiger partial charge in [-0.1, -0.05) is 0 Å². The average Bonchev–Trinajstić information content (AvgIpc) is 2.17. The monoisotopic (exact) mass is 198 g/mol. The lowest BCUT2D eigenvalue weighted by atomic mass is 10.3. The van der Waals surface area contributed by atoms with Gasteiger partial charge >= 0.3 is 0 Å². The lowest BCUT2D eigenvalue weighted by Gasteiger charge is -2.14. The average molecular weight is 198 g/mol. The van der Waals surface area contributed by atoms with E-state index in [1.54, 1.807) is 6.92 Å². The highest BCUT2D eigenvalue weighted by atomic mass is 16.6. The second-order valence-electron chi connectivity index (χ2n) is 2.64. The first kappa shape index (κ1) is 13.0. The quantitative estimate of drug-likeness (QED) is 0.454. The third-order valence-electron chi connectivity index (χ3n) is 1.45. The van der Waals surface area contributed by atoms with Crippen molar-refractivity contribution in [2.75, 3.05) is 6.61 Å². The molecule has 4 heteroatoms. The molecule has 3 unspecified atom stereocenters. The summed E-state index contributed by atoms with van der Waals surface area (Å²) in [5.41, 5.74) is 0. The van der Waals surface area contributed by atoms with E-state index in [9.17, 15) is 0 Å². The normalized spacial score (nSPS) is 16.4. The summed E-state index contributed by atoms with van der Waals surface area (Å²) < 4.78 is 9.70. The van der Waals surface area contributed by atoms with Crippen LogP contribution in [0.4, 0.5) is 0 Å². The second kappa shape index (κ2) is 7.37. The van der Waals surface area contributed by atoms with Gasteiger partial charge in [-0.2, -0.15) is 0 Å². The summed E-state index contributed by atoms with van der Waals surface area (Å²) in [6, 6.07) is 0. The van der Waals surface area contributed by atoms with Crippen LogP contribution in [-0.4, -0.2) is 35.5 Å². The SMILES string of the molecule is C#CC(O)OCCC(C)OC(O)C#C. The smallest absolute Gasteiger partial charge is 0.219 e. The molecule has 0 aromatic carbocycles. The van der Waals surface area contributed by atoms with E-state index >= 15 is 0 Å². The van der Waals surface area contributed by atoms with Gasteiger partial charge in [0.05, 0.1) is 12.7 Å². The molecule has 0 bridgehead atoms. The van der Waals surface area contributed by atoms with Crippen molar-refractivity contribution in [3.8, 4) is 24.7 Å². The topological polar surface area (TPSA) is 58.9 Å². The molecule has 4 nitrogen and oxygen atoms in total. The van der Waals surface area contributed by atoms with Gasteiger partial charge in [-0.15, -0.1) is 12.8 Å². The standard InChI is InChI=1S/C10H14O4/c1-4-9(11)13-7-6-8(3)14-10(12)5-2/h1-2,8-12H,6-7H2,3H3. The van der Waals surface area contributed by atoms with Gasteiger partial charge in [0.15, 0.2) is 0 Å². The Morgan fingerprint density at radius 2 is 1.79 bits per heavy atom. The summed E-state index contributed by atoms with van der Waals surface area (Å²) >= 11 is 0. The van der Waals surface area contributed by atoms with Gasteiger partial charge in [-0.05, 0) is 25.2 Å². The molecule has 0 amide bonds. The second-order valence-corrected chi connectivity index (χ2v) is 2.64. The van der Waals surface area contributed by atoms with Crippen LogP contribution in [0.3, 0.4) is 0 Å². The first-order chi connectivity index (χ1) is 6.60. The van der Waals surface area contributed by atoms with Gasteiger partial charge in [0.25, 0.3) is 0 Å². The molecule has 0 radical (unpaired) electrons. The number of hydrogen-bond acceptors (Lipinski definition) is 4. The third-order valence-corrected chi connectivity index (χ3v) is 1.45. The van der Waals surface area contributed by atoms with Crippen LogP contribution in [0.2, 0.25) is 0 Å². The molecular formula is C10H14O4. The summed E-state index contributed by atoms with van der Waals surface area (Å²) in [5, 5.41) is 17.7. The minimum absolute atomic E-state index is 0.240. The van der Waals surface area contributed by atoms with Gasteiger partial charge in [0.1, 0.15) is 0 Å². The van der Waals surface area contributed by atoms with Gasteiger partial charge in [-0.25, -0.2) is 0 Å². The van der Waals surface area contributed by atoms with E-state index < -0.39 is 12.6 Å². The van der Waals surface area contributed by atoms with Crippen molar-refractivity contribution in [3.63, 3.8) is 0 Å². The number of ether oxygens (including phenoxy) is 2. The molecule has 0 heterocycles. The zero-order valence-electron chi connectivity index (χ0n) is 8.01. The van der Waals surface area contributed by atoms with Crippen LogP contribution in [0, 0.1) is 24.7 Å². The van der Waals surface area contributed by atoms with Crippen molar-refractivity contribution < 1.29 is 19.7 Å². The third kappa shape index (κ3) is 6.47. The Hall–Kier alpha value is -1.04. The lowest BCUT2D eigenvalue weighted by molar-refractivity contribution is -0.112. The highest BCUT2D eigenvalue weighted by Crippen LogP contribution is 2.01. The highest BCUT2D eigenvalue weighted by molar-refractivity contribution is 4.88. The molecule has 0 fully saturated rings. The van der Waals surface area contributed by atoms with Crippen LogP contribution >= 0.6 is 0 Å². The number of hydrogen-bond donors (Lipinski definition) is 2. The Labute approximate surface area is 83.8 Å². The number of aliphatic hydroxyl groups is 2. The summed E-state index contributed by atoms with van der Waals surface area (Å²) in [5.74, 6) is 4.02. The van der Waals surface area contributed by atoms with Crippen LogP contribution in [0.1, 0.15) is 13.3 Å². The summed E-state index contributed by atoms with van der Waals surface area (Å²) in [4.78, 5) is 0. The molecule has 2 N–H and O–H groups in total. The van der Waals surface area contributed by atoms with Crippen molar-refractivity contribution in [1.82, 2.24) is 0 Å². The van der Waals surface area contributed by atoms with Crippen molar-refractivity contribution in [2.24, 2.45) is 0 Å². The molecule has 0 aliphatic carbocycles. The van der Waals surface area contributed by atoms with Gasteiger partial charge in [0.2, 0.25) is 12.6 Å². The summed E-state index contributed by atoms with van der Waals surface area (Å²) in [7, 11) is 0. The van der Waals surface area contributed by atoms with Crippen LogP contribution in [0.5, 0.6) is 0 Å². The Balaban J connectivity index is 3.51. The molecule has 0 aromatic heterocycles. The molecular weight excluding hydrogens is 184 g/mol. The lowest BCUT2D eigenvalue weighted by Crippen LogP contribution is -2.20. The number of rotatable bonds is 6. The molecule has 0 aliphatic heterocycles. The minimum atomic E-state index is -1.21. The Bertz CT molecular complexity index is 225. The zero-order chi connectivity index (χ0) is 11.0. The Morgan fingerprint density at radius 3 is 2.29 bits per heavy atom. The van der Waals surface area contributed by atoms with Crippen molar-refractivity contribution in [1.29, 1.82) is 0 Å². The fourth-order valence-electron chi connectivity index (χ4n) is 0.721. The zero-order valence-corrected chi connectivity index (χ0v) is 8.01. The molecule has 0 aliphatic rings. The predicted molar refractivity (Wildman–Crippen MR) is 50.8 cm³/mol. The number of terminal acetylenes is 2. The molecule has 78 valence electrons. The van der Waals surface area contributed by atoms with Gasteiger partial charge < -0.3 is 19.7 Å². The van der Waals surface area contributed by atoms with Crippen molar-refractivity contribution in [2.45, 2.75) is 32.0 Å². The predicted octanol–water partition coefficient (Wildman–Crippen LogP) is -0.299. The number of aliphatic hydroxyl groups excluding tert-OH is 2. The van der Waals surface area contributed by atoms with Crippen molar-refractivity contribution in [3.05, 3.63) is 0 Å². The first-order valence-electron chi connectivity index (χ1n) is 4.15. The van der Waals surface area contributed by atoms with Crippen LogP contribution in [0.25, 0.3) is 0 Å². The Kier molecular flexibility index (Phi) is 6.82. The minimum Gasteiger partial charge on any atom is -0.358 e. The molecule has 14 heavy (non-hydrogen) atoms. The highest BCUT2D eigenvalue weighted by Gasteiger charge is 2.08. The molecule has 0 spiro atoms. The van der Waals surface area contributed by atoms with Crippen molar-refractivity contribution >= 4 is 0 Å². The van der Waals surface area contributed by atoms with E-state index in [0.29, 0.717) is 6.42 Å². The van der Waals surface area contributed by atoms with E-state index in [-0.39, 0.29) is 12.7 Å². The maximum atomic E-state index is 8.90. The fraction of sp³-hybridized carbons (Fsp3) is 0.600. The maximum Gasteiger partial charge on any atom is 0.219 e. The molecule has 3 atom stereocenters. The molecule has 0 rings (SSSR count). The summed E-state index contributed by atoms with van der Waals surface area (Å²) in [6.07, 6.45) is 7.59. The molecule has 0 aromatic rings. The van der Waals surface area contributed by atoms with E-state index in [0.717, 1.165) is 0 Å². The van der Waals surface area contributed by atoms with Crippen LogP contribution in [-0.2, 0) is 9.47 Å². The van der Waals surface area contributed by atoms with E-state index in [1.165, 1.54) is 0 Å². The van der Waals surface area contributed by atoms with Gasteiger partial charge in [-0.3, -0.25) is 0 Å². The molecule has 0 saturated heterocycles. The van der Waals surface area contributed by atoms with E-state index in [1.807, 2.05) is 11.8 Å². The van der Waals surface area contributed by atoms with Crippen LogP contribution < -0.4 is 0 Å². The summed E-state index contributed by atoms with van der Waals surface area (Å²) in [6.45, 7) is 1.97. The van der Waals surface area contributed by atoms with Crippen LogP contribution in [0.15, 0.2) is 0 Å². The van der Waals surface area contributed by atoms with E-state index in [4.69, 9.17) is 32.5 Å². The fourth-order valence-corrected chi connectivity index (χ4v) is 0.721. The Morgan fingerprint density at radius 1 is 1.21 bits per heavy atom. The van der Waals surface area contributed by atoms with Gasteiger partial charge in [0, 0.05) is 0 Å². The molecule has 0 saturated carbocycles.